The molecule has 2 aromatic heterocycles. The molecule has 4 aromatic rings. The zero-order valence-electron chi connectivity index (χ0n) is 17.1. The van der Waals surface area contributed by atoms with E-state index >= 15 is 0 Å². The van der Waals surface area contributed by atoms with Crippen molar-refractivity contribution < 1.29 is 14.3 Å². The summed E-state index contributed by atoms with van der Waals surface area (Å²) in [4.78, 5) is 16.3. The molecule has 0 fully saturated rings. The number of nitrogens with one attached hydrogen (secondary N) is 1. The number of ether oxygens (including phenoxy) is 2. The van der Waals surface area contributed by atoms with E-state index in [1.54, 1.807) is 42.6 Å². The van der Waals surface area contributed by atoms with Crippen LogP contribution in [0, 0.1) is 13.8 Å². The third-order valence-corrected chi connectivity index (χ3v) is 4.42. The van der Waals surface area contributed by atoms with E-state index in [1.807, 2.05) is 48.9 Å². The largest absolute Gasteiger partial charge is 0.484 e. The highest BCUT2D eigenvalue weighted by Crippen LogP contribution is 2.22. The minimum atomic E-state index is -0.244. The van der Waals surface area contributed by atoms with Gasteiger partial charge in [0.25, 0.3) is 5.91 Å². The maximum atomic E-state index is 12.1. The Kier molecular flexibility index (Phi) is 5.89. The number of rotatable bonds is 7. The molecular formula is C23H21N5O3. The van der Waals surface area contributed by atoms with Crippen LogP contribution in [0.15, 0.2) is 73.1 Å². The molecule has 0 aliphatic heterocycles. The molecule has 0 aliphatic carbocycles. The SMILES string of the molecule is Cc1cccc(OCC(=O)Nc2ccc(Oc3ccc(-n4ccnc4C)nn3)cc2)c1. The lowest BCUT2D eigenvalue weighted by Crippen LogP contribution is -2.20. The van der Waals surface area contributed by atoms with Crippen LogP contribution in [-0.2, 0) is 4.79 Å². The molecule has 0 radical (unpaired) electrons. The summed E-state index contributed by atoms with van der Waals surface area (Å²) in [5, 5.41) is 11.0. The molecule has 0 saturated carbocycles. The number of imidazole rings is 1. The van der Waals surface area contributed by atoms with Gasteiger partial charge < -0.3 is 14.8 Å². The second-order valence-electron chi connectivity index (χ2n) is 6.85. The van der Waals surface area contributed by atoms with Crippen LogP contribution in [-0.4, -0.2) is 32.3 Å². The van der Waals surface area contributed by atoms with E-state index in [9.17, 15) is 4.79 Å². The highest BCUT2D eigenvalue weighted by atomic mass is 16.5. The third-order valence-electron chi connectivity index (χ3n) is 4.42. The Morgan fingerprint density at radius 2 is 1.84 bits per heavy atom. The molecule has 8 nitrogen and oxygen atoms in total. The van der Waals surface area contributed by atoms with Gasteiger partial charge in [-0.2, -0.15) is 0 Å². The van der Waals surface area contributed by atoms with Gasteiger partial charge >= 0.3 is 0 Å². The van der Waals surface area contributed by atoms with E-state index in [0.717, 1.165) is 11.4 Å². The van der Waals surface area contributed by atoms with Crippen molar-refractivity contribution >= 4 is 11.6 Å². The Bertz CT molecular complexity index is 1170. The summed E-state index contributed by atoms with van der Waals surface area (Å²) in [5.41, 5.74) is 1.71. The first kappa shape index (κ1) is 20.1. The third kappa shape index (κ3) is 5.24. The van der Waals surface area contributed by atoms with Gasteiger partial charge in [0.05, 0.1) is 0 Å². The molecule has 0 spiro atoms. The first-order valence-corrected chi connectivity index (χ1v) is 9.68. The number of carbonyl (C=O) groups is 1. The van der Waals surface area contributed by atoms with Crippen LogP contribution in [0.3, 0.4) is 0 Å². The molecule has 1 amide bonds. The predicted molar refractivity (Wildman–Crippen MR) is 116 cm³/mol. The van der Waals surface area contributed by atoms with Crippen LogP contribution in [0.5, 0.6) is 17.4 Å². The summed E-state index contributed by atoms with van der Waals surface area (Å²) in [6.07, 6.45) is 3.52. The zero-order chi connectivity index (χ0) is 21.6. The number of hydrogen-bond acceptors (Lipinski definition) is 6. The summed E-state index contributed by atoms with van der Waals surface area (Å²) >= 11 is 0. The van der Waals surface area contributed by atoms with E-state index in [0.29, 0.717) is 28.9 Å². The first-order valence-electron chi connectivity index (χ1n) is 9.68. The van der Waals surface area contributed by atoms with Crippen molar-refractivity contribution in [3.05, 3.63) is 84.4 Å². The average Bonchev–Trinajstić information content (AvgIpc) is 3.20. The molecule has 0 aliphatic rings. The van der Waals surface area contributed by atoms with Crippen LogP contribution >= 0.6 is 0 Å². The van der Waals surface area contributed by atoms with E-state index in [1.165, 1.54) is 0 Å². The van der Waals surface area contributed by atoms with Gasteiger partial charge in [0.15, 0.2) is 12.4 Å². The fourth-order valence-electron chi connectivity index (χ4n) is 2.89. The van der Waals surface area contributed by atoms with Crippen molar-refractivity contribution in [3.63, 3.8) is 0 Å². The van der Waals surface area contributed by atoms with E-state index < -0.39 is 0 Å². The van der Waals surface area contributed by atoms with Gasteiger partial charge in [0.1, 0.15) is 17.3 Å². The maximum Gasteiger partial charge on any atom is 0.262 e. The second kappa shape index (κ2) is 9.08. The topological polar surface area (TPSA) is 91.2 Å². The van der Waals surface area contributed by atoms with E-state index in [2.05, 4.69) is 20.5 Å². The number of aromatic nitrogens is 4. The standard InChI is InChI=1S/C23H21N5O3/c1-16-4-3-5-20(14-16)30-15-22(29)25-18-6-8-19(9-7-18)31-23-11-10-21(26-27-23)28-13-12-24-17(28)2/h3-14H,15H2,1-2H3,(H,25,29). The molecule has 2 aromatic carbocycles. The van der Waals surface area contributed by atoms with Crippen molar-refractivity contribution in [1.82, 2.24) is 19.7 Å². The van der Waals surface area contributed by atoms with Crippen molar-refractivity contribution in [2.24, 2.45) is 0 Å². The van der Waals surface area contributed by atoms with Crippen molar-refractivity contribution in [3.8, 4) is 23.2 Å². The lowest BCUT2D eigenvalue weighted by atomic mass is 10.2. The maximum absolute atomic E-state index is 12.1. The summed E-state index contributed by atoms with van der Waals surface area (Å²) in [6, 6.07) is 18.1. The predicted octanol–water partition coefficient (Wildman–Crippen LogP) is 4.09. The molecule has 0 unspecified atom stereocenters. The molecule has 4 rings (SSSR count). The minimum absolute atomic E-state index is 0.0694. The Morgan fingerprint density at radius 3 is 2.52 bits per heavy atom. The summed E-state index contributed by atoms with van der Waals surface area (Å²) in [5.74, 6) is 2.85. The molecular weight excluding hydrogens is 394 g/mol. The molecule has 0 saturated heterocycles. The number of aryl methyl sites for hydroxylation is 2. The van der Waals surface area contributed by atoms with Crippen LogP contribution in [0.4, 0.5) is 5.69 Å². The molecule has 31 heavy (non-hydrogen) atoms. The average molecular weight is 415 g/mol. The lowest BCUT2D eigenvalue weighted by Gasteiger charge is -2.09. The molecule has 1 N–H and O–H groups in total. The molecule has 2 heterocycles. The lowest BCUT2D eigenvalue weighted by molar-refractivity contribution is -0.118. The first-order chi connectivity index (χ1) is 15.1. The number of amides is 1. The molecule has 156 valence electrons. The van der Waals surface area contributed by atoms with Crippen LogP contribution < -0.4 is 14.8 Å². The number of benzene rings is 2. The number of carbonyl (C=O) groups excluding carboxylic acids is 1. The highest BCUT2D eigenvalue weighted by Gasteiger charge is 2.07. The van der Waals surface area contributed by atoms with Crippen LogP contribution in [0.25, 0.3) is 5.82 Å². The molecule has 0 atom stereocenters. The van der Waals surface area contributed by atoms with Gasteiger partial charge in [-0.15, -0.1) is 10.2 Å². The van der Waals surface area contributed by atoms with Gasteiger partial charge in [-0.3, -0.25) is 9.36 Å². The summed E-state index contributed by atoms with van der Waals surface area (Å²) in [6.45, 7) is 3.79. The highest BCUT2D eigenvalue weighted by molar-refractivity contribution is 5.91. The van der Waals surface area contributed by atoms with Gasteiger partial charge in [-0.05, 0) is 61.9 Å². The van der Waals surface area contributed by atoms with Crippen molar-refractivity contribution in [2.45, 2.75) is 13.8 Å². The van der Waals surface area contributed by atoms with E-state index in [-0.39, 0.29) is 12.5 Å². The van der Waals surface area contributed by atoms with Crippen LogP contribution in [0.1, 0.15) is 11.4 Å². The van der Waals surface area contributed by atoms with Gasteiger partial charge in [0.2, 0.25) is 5.88 Å². The number of anilines is 1. The van der Waals surface area contributed by atoms with Gasteiger partial charge in [0, 0.05) is 24.1 Å². The Labute approximate surface area is 179 Å². The molecule has 0 bridgehead atoms. The summed E-state index contributed by atoms with van der Waals surface area (Å²) < 4.78 is 13.1. The number of hydrogen-bond donors (Lipinski definition) is 1. The molecule has 8 heteroatoms. The Balaban J connectivity index is 1.31. The summed E-state index contributed by atoms with van der Waals surface area (Å²) in [7, 11) is 0. The van der Waals surface area contributed by atoms with Crippen LogP contribution in [0.2, 0.25) is 0 Å². The second-order valence-corrected chi connectivity index (χ2v) is 6.85. The zero-order valence-corrected chi connectivity index (χ0v) is 17.1. The van der Waals surface area contributed by atoms with Crippen molar-refractivity contribution in [2.75, 3.05) is 11.9 Å². The monoisotopic (exact) mass is 415 g/mol. The number of nitrogens with zero attached hydrogens (tertiary/aromatic N) is 4. The fourth-order valence-corrected chi connectivity index (χ4v) is 2.89. The normalized spacial score (nSPS) is 10.5. The Morgan fingerprint density at radius 1 is 1.00 bits per heavy atom. The van der Waals surface area contributed by atoms with Crippen molar-refractivity contribution in [1.29, 1.82) is 0 Å². The quantitative estimate of drug-likeness (QED) is 0.489. The van der Waals surface area contributed by atoms with Gasteiger partial charge in [-0.1, -0.05) is 12.1 Å². The smallest absolute Gasteiger partial charge is 0.262 e. The Hall–Kier alpha value is -4.20. The fraction of sp³-hybridized carbons (Fsp3) is 0.130. The van der Waals surface area contributed by atoms with Gasteiger partial charge in [-0.25, -0.2) is 4.98 Å². The minimum Gasteiger partial charge on any atom is -0.484 e. The van der Waals surface area contributed by atoms with E-state index in [4.69, 9.17) is 9.47 Å².